The first-order valence-electron chi connectivity index (χ1n) is 9.11. The lowest BCUT2D eigenvalue weighted by atomic mass is 9.95. The number of likely N-dealkylation sites (tertiary alicyclic amines) is 1. The van der Waals surface area contributed by atoms with Crippen LogP contribution < -0.4 is 0 Å². The highest BCUT2D eigenvalue weighted by molar-refractivity contribution is 5.79. The van der Waals surface area contributed by atoms with Gasteiger partial charge in [-0.2, -0.15) is 0 Å². The van der Waals surface area contributed by atoms with Crippen LogP contribution in [0, 0.1) is 18.8 Å². The quantitative estimate of drug-likeness (QED) is 0.856. The van der Waals surface area contributed by atoms with Crippen molar-refractivity contribution in [2.24, 2.45) is 11.8 Å². The molecule has 0 N–H and O–H groups in total. The molecule has 4 rings (SSSR count). The van der Waals surface area contributed by atoms with Gasteiger partial charge in [-0.05, 0) is 44.9 Å². The number of carbonyl (C=O) groups excluding carboxylic acids is 1. The molecule has 0 aromatic carbocycles. The van der Waals surface area contributed by atoms with Gasteiger partial charge < -0.3 is 14.2 Å². The zero-order chi connectivity index (χ0) is 15.8. The van der Waals surface area contributed by atoms with Crippen molar-refractivity contribution in [3.05, 3.63) is 17.7 Å². The van der Waals surface area contributed by atoms with Crippen molar-refractivity contribution in [1.29, 1.82) is 0 Å². The Morgan fingerprint density at radius 1 is 1.26 bits per heavy atom. The molecule has 0 unspecified atom stereocenters. The highest BCUT2D eigenvalue weighted by Gasteiger charge is 2.32. The van der Waals surface area contributed by atoms with Crippen molar-refractivity contribution in [3.8, 4) is 0 Å². The third kappa shape index (κ3) is 3.16. The van der Waals surface area contributed by atoms with Gasteiger partial charge in [0.1, 0.15) is 5.82 Å². The summed E-state index contributed by atoms with van der Waals surface area (Å²) >= 11 is 0. The maximum absolute atomic E-state index is 12.5. The number of hydrogen-bond donors (Lipinski definition) is 0. The van der Waals surface area contributed by atoms with Crippen LogP contribution in [0.25, 0.3) is 0 Å². The van der Waals surface area contributed by atoms with Gasteiger partial charge in [-0.15, -0.1) is 0 Å². The van der Waals surface area contributed by atoms with E-state index in [0.29, 0.717) is 24.3 Å². The number of imidazole rings is 1. The number of piperidine rings is 1. The molecule has 3 aliphatic rings. The average molecular weight is 317 g/mol. The third-order valence-electron chi connectivity index (χ3n) is 5.67. The zero-order valence-corrected chi connectivity index (χ0v) is 14.0. The van der Waals surface area contributed by atoms with Gasteiger partial charge in [-0.1, -0.05) is 0 Å². The molecule has 0 bridgehead atoms. The summed E-state index contributed by atoms with van der Waals surface area (Å²) in [6.45, 7) is 6.43. The molecule has 2 saturated heterocycles. The fourth-order valence-corrected chi connectivity index (χ4v) is 3.97. The fourth-order valence-electron chi connectivity index (χ4n) is 3.97. The van der Waals surface area contributed by atoms with Gasteiger partial charge in [0.05, 0.1) is 12.5 Å². The first-order valence-corrected chi connectivity index (χ1v) is 9.11. The standard InChI is InChI=1S/C18H27N3O2/c1-13-10-19-17(15-2-3-15)21(13)11-14-4-7-20(8-5-14)18(22)16-6-9-23-12-16/h10,14-16H,2-9,11-12H2,1H3/t16-/m0/s1. The third-order valence-corrected chi connectivity index (χ3v) is 5.67. The van der Waals surface area contributed by atoms with Crippen LogP contribution in [0.4, 0.5) is 0 Å². The molecular formula is C18H27N3O2. The molecule has 126 valence electrons. The number of rotatable bonds is 4. The first-order chi connectivity index (χ1) is 11.2. The lowest BCUT2D eigenvalue weighted by Crippen LogP contribution is -2.42. The normalized spacial score (nSPS) is 26.0. The Kier molecular flexibility index (Phi) is 4.14. The van der Waals surface area contributed by atoms with E-state index in [4.69, 9.17) is 4.74 Å². The SMILES string of the molecule is Cc1cnc(C2CC2)n1CC1CCN(C(=O)[C@H]2CCOC2)CC1. The second-order valence-corrected chi connectivity index (χ2v) is 7.47. The van der Waals surface area contributed by atoms with Crippen molar-refractivity contribution in [3.63, 3.8) is 0 Å². The Balaban J connectivity index is 1.33. The van der Waals surface area contributed by atoms with E-state index in [9.17, 15) is 4.79 Å². The Labute approximate surface area is 138 Å². The largest absolute Gasteiger partial charge is 0.381 e. The molecule has 1 atom stereocenters. The monoisotopic (exact) mass is 317 g/mol. The van der Waals surface area contributed by atoms with E-state index in [0.717, 1.165) is 45.5 Å². The summed E-state index contributed by atoms with van der Waals surface area (Å²) in [4.78, 5) is 19.2. The van der Waals surface area contributed by atoms with Gasteiger partial charge in [0.25, 0.3) is 0 Å². The number of ether oxygens (including phenoxy) is 1. The van der Waals surface area contributed by atoms with Crippen LogP contribution >= 0.6 is 0 Å². The summed E-state index contributed by atoms with van der Waals surface area (Å²) in [7, 11) is 0. The van der Waals surface area contributed by atoms with Crippen LogP contribution in [0.1, 0.15) is 49.5 Å². The zero-order valence-electron chi connectivity index (χ0n) is 14.0. The van der Waals surface area contributed by atoms with Gasteiger partial charge in [0.15, 0.2) is 0 Å². The van der Waals surface area contributed by atoms with E-state index in [1.165, 1.54) is 24.4 Å². The first kappa shape index (κ1) is 15.2. The van der Waals surface area contributed by atoms with Crippen molar-refractivity contribution in [2.45, 2.75) is 51.5 Å². The lowest BCUT2D eigenvalue weighted by molar-refractivity contribution is -0.137. The second-order valence-electron chi connectivity index (χ2n) is 7.47. The highest BCUT2D eigenvalue weighted by Crippen LogP contribution is 2.40. The number of hydrogen-bond acceptors (Lipinski definition) is 3. The average Bonchev–Trinajstić information content (AvgIpc) is 3.14. The molecular weight excluding hydrogens is 290 g/mol. The molecule has 5 nitrogen and oxygen atoms in total. The Morgan fingerprint density at radius 3 is 2.70 bits per heavy atom. The molecule has 5 heteroatoms. The number of aromatic nitrogens is 2. The maximum Gasteiger partial charge on any atom is 0.228 e. The van der Waals surface area contributed by atoms with Crippen LogP contribution in [0.2, 0.25) is 0 Å². The van der Waals surface area contributed by atoms with Crippen molar-refractivity contribution in [2.75, 3.05) is 26.3 Å². The van der Waals surface area contributed by atoms with Crippen LogP contribution in [0.3, 0.4) is 0 Å². The minimum Gasteiger partial charge on any atom is -0.381 e. The Hall–Kier alpha value is -1.36. The van der Waals surface area contributed by atoms with E-state index >= 15 is 0 Å². The molecule has 0 spiro atoms. The van der Waals surface area contributed by atoms with Crippen molar-refractivity contribution >= 4 is 5.91 Å². The molecule has 1 aliphatic carbocycles. The summed E-state index contributed by atoms with van der Waals surface area (Å²) < 4.78 is 7.79. The molecule has 0 radical (unpaired) electrons. The number of nitrogens with zero attached hydrogens (tertiary/aromatic N) is 3. The number of carbonyl (C=O) groups is 1. The van der Waals surface area contributed by atoms with E-state index in [1.807, 2.05) is 6.20 Å². The minimum atomic E-state index is 0.115. The summed E-state index contributed by atoms with van der Waals surface area (Å²) in [6, 6.07) is 0. The van der Waals surface area contributed by atoms with Gasteiger partial charge in [0, 0.05) is 44.0 Å². The van der Waals surface area contributed by atoms with Gasteiger partial charge in [0.2, 0.25) is 5.91 Å². The van der Waals surface area contributed by atoms with Gasteiger partial charge >= 0.3 is 0 Å². The van der Waals surface area contributed by atoms with E-state index in [2.05, 4.69) is 21.4 Å². The van der Waals surface area contributed by atoms with Gasteiger partial charge in [-0.25, -0.2) is 4.98 Å². The van der Waals surface area contributed by atoms with Gasteiger partial charge in [-0.3, -0.25) is 4.79 Å². The Morgan fingerprint density at radius 2 is 2.04 bits per heavy atom. The van der Waals surface area contributed by atoms with Crippen LogP contribution in [-0.2, 0) is 16.1 Å². The summed E-state index contributed by atoms with van der Waals surface area (Å²) in [6.07, 6.45) is 7.74. The molecule has 2 aliphatic heterocycles. The smallest absolute Gasteiger partial charge is 0.228 e. The van der Waals surface area contributed by atoms with Crippen molar-refractivity contribution in [1.82, 2.24) is 14.5 Å². The molecule has 1 saturated carbocycles. The summed E-state index contributed by atoms with van der Waals surface area (Å²) in [5.74, 6) is 3.10. The van der Waals surface area contributed by atoms with E-state index in [1.54, 1.807) is 0 Å². The maximum atomic E-state index is 12.5. The summed E-state index contributed by atoms with van der Waals surface area (Å²) in [5, 5.41) is 0. The predicted molar refractivity (Wildman–Crippen MR) is 87.2 cm³/mol. The van der Waals surface area contributed by atoms with Crippen LogP contribution in [-0.4, -0.2) is 46.7 Å². The van der Waals surface area contributed by atoms with E-state index < -0.39 is 0 Å². The van der Waals surface area contributed by atoms with E-state index in [-0.39, 0.29) is 5.92 Å². The molecule has 3 heterocycles. The second kappa shape index (κ2) is 6.27. The molecule has 1 amide bonds. The topological polar surface area (TPSA) is 47.4 Å². The van der Waals surface area contributed by atoms with Crippen molar-refractivity contribution < 1.29 is 9.53 Å². The predicted octanol–water partition coefficient (Wildman–Crippen LogP) is 2.34. The number of aryl methyl sites for hydroxylation is 1. The lowest BCUT2D eigenvalue weighted by Gasteiger charge is -2.34. The molecule has 1 aromatic heterocycles. The summed E-state index contributed by atoms with van der Waals surface area (Å²) in [5.41, 5.74) is 1.29. The highest BCUT2D eigenvalue weighted by atomic mass is 16.5. The van der Waals surface area contributed by atoms with Crippen LogP contribution in [0.5, 0.6) is 0 Å². The molecule has 3 fully saturated rings. The molecule has 1 aromatic rings. The Bertz CT molecular complexity index is 565. The number of amides is 1. The molecule has 23 heavy (non-hydrogen) atoms. The fraction of sp³-hybridized carbons (Fsp3) is 0.778. The minimum absolute atomic E-state index is 0.115. The van der Waals surface area contributed by atoms with Crippen LogP contribution in [0.15, 0.2) is 6.20 Å².